The number of nitrogens with zero attached hydrogens (tertiary/aromatic N) is 1. The van der Waals surface area contributed by atoms with Crippen LogP contribution in [0.15, 0.2) is 42.6 Å². The third kappa shape index (κ3) is 5.06. The predicted octanol–water partition coefficient (Wildman–Crippen LogP) is 2.41. The minimum atomic E-state index is -3.32. The van der Waals surface area contributed by atoms with E-state index in [1.54, 1.807) is 36.5 Å². The van der Waals surface area contributed by atoms with Crippen LogP contribution in [0.1, 0.15) is 5.56 Å². The van der Waals surface area contributed by atoms with E-state index in [2.05, 4.69) is 20.3 Å². The largest absolute Gasteiger partial charge is 0.324 e. The van der Waals surface area contributed by atoms with E-state index < -0.39 is 16.1 Å². The van der Waals surface area contributed by atoms with Crippen molar-refractivity contribution in [3.63, 3.8) is 0 Å². The molecule has 2 aromatic rings. The fraction of sp³-hybridized carbons (Fsp3) is 0.143. The molecule has 0 aliphatic heterocycles. The zero-order valence-electron chi connectivity index (χ0n) is 12.1. The van der Waals surface area contributed by atoms with Crippen LogP contribution in [0, 0.1) is 6.92 Å². The summed E-state index contributed by atoms with van der Waals surface area (Å²) < 4.78 is 24.5. The molecule has 0 aliphatic rings. The van der Waals surface area contributed by atoms with Gasteiger partial charge in [-0.2, -0.15) is 0 Å². The molecule has 0 saturated heterocycles. The molecule has 1 aromatic carbocycles. The Morgan fingerprint density at radius 2 is 1.68 bits per heavy atom. The third-order valence-electron chi connectivity index (χ3n) is 2.60. The predicted molar refractivity (Wildman–Crippen MR) is 86.5 cm³/mol. The molecule has 7 nitrogen and oxygen atoms in total. The van der Waals surface area contributed by atoms with Crippen LogP contribution in [-0.4, -0.2) is 25.7 Å². The van der Waals surface area contributed by atoms with Crippen molar-refractivity contribution >= 4 is 33.2 Å². The lowest BCUT2D eigenvalue weighted by Crippen LogP contribution is -2.20. The van der Waals surface area contributed by atoms with Gasteiger partial charge in [-0.25, -0.2) is 18.2 Å². The van der Waals surface area contributed by atoms with Gasteiger partial charge in [0, 0.05) is 17.6 Å². The van der Waals surface area contributed by atoms with Crippen molar-refractivity contribution in [3.05, 3.63) is 48.2 Å². The van der Waals surface area contributed by atoms with Gasteiger partial charge in [-0.15, -0.1) is 0 Å². The van der Waals surface area contributed by atoms with E-state index in [1.165, 1.54) is 0 Å². The average Bonchev–Trinajstić information content (AvgIpc) is 2.39. The smallest absolute Gasteiger partial charge is 0.308 e. The molecule has 0 saturated carbocycles. The van der Waals surface area contributed by atoms with Gasteiger partial charge in [0.25, 0.3) is 0 Å². The van der Waals surface area contributed by atoms with Crippen molar-refractivity contribution in [3.8, 4) is 0 Å². The number of hydrogen-bond donors (Lipinski definition) is 3. The van der Waals surface area contributed by atoms with E-state index in [4.69, 9.17) is 0 Å². The van der Waals surface area contributed by atoms with Crippen LogP contribution in [0.5, 0.6) is 0 Å². The molecule has 0 aliphatic carbocycles. The van der Waals surface area contributed by atoms with Crippen LogP contribution in [0.3, 0.4) is 0 Å². The number of aromatic nitrogens is 1. The highest BCUT2D eigenvalue weighted by Gasteiger charge is 2.05. The number of carbonyl (C=O) groups is 1. The zero-order valence-corrected chi connectivity index (χ0v) is 12.9. The maximum atomic E-state index is 11.8. The molecule has 0 atom stereocenters. The maximum Gasteiger partial charge on any atom is 0.324 e. The third-order valence-corrected chi connectivity index (χ3v) is 3.21. The SMILES string of the molecule is Cc1ccnc(NC(=O)Nc2ccc(NS(C)(=O)=O)cc2)c1. The van der Waals surface area contributed by atoms with Crippen LogP contribution >= 0.6 is 0 Å². The highest BCUT2D eigenvalue weighted by molar-refractivity contribution is 7.92. The molecule has 2 rings (SSSR count). The number of pyridine rings is 1. The summed E-state index contributed by atoms with van der Waals surface area (Å²) in [6, 6.07) is 9.45. The molecule has 8 heteroatoms. The number of amides is 2. The number of benzene rings is 1. The number of nitrogens with one attached hydrogen (secondary N) is 3. The van der Waals surface area contributed by atoms with Crippen LogP contribution in [0.25, 0.3) is 0 Å². The first-order chi connectivity index (χ1) is 10.3. The molecular weight excluding hydrogens is 304 g/mol. The van der Waals surface area contributed by atoms with Gasteiger partial charge in [0.05, 0.1) is 6.26 Å². The van der Waals surface area contributed by atoms with Crippen molar-refractivity contribution in [2.45, 2.75) is 6.92 Å². The molecular formula is C14H16N4O3S. The van der Waals surface area contributed by atoms with Crippen LogP contribution in [-0.2, 0) is 10.0 Å². The van der Waals surface area contributed by atoms with Crippen molar-refractivity contribution in [1.29, 1.82) is 0 Å². The second-order valence-corrected chi connectivity index (χ2v) is 6.50. The van der Waals surface area contributed by atoms with Crippen LogP contribution in [0.2, 0.25) is 0 Å². The summed E-state index contributed by atoms with van der Waals surface area (Å²) in [7, 11) is -3.32. The molecule has 0 unspecified atom stereocenters. The Bertz CT molecular complexity index is 773. The number of anilines is 3. The highest BCUT2D eigenvalue weighted by atomic mass is 32.2. The molecule has 0 fully saturated rings. The summed E-state index contributed by atoms with van der Waals surface area (Å²) >= 11 is 0. The van der Waals surface area contributed by atoms with Crippen molar-refractivity contribution in [2.75, 3.05) is 21.6 Å². The highest BCUT2D eigenvalue weighted by Crippen LogP contribution is 2.15. The number of hydrogen-bond acceptors (Lipinski definition) is 4. The van der Waals surface area contributed by atoms with E-state index >= 15 is 0 Å². The fourth-order valence-corrected chi connectivity index (χ4v) is 2.28. The Balaban J connectivity index is 1.97. The van der Waals surface area contributed by atoms with Gasteiger partial charge < -0.3 is 5.32 Å². The van der Waals surface area contributed by atoms with Gasteiger partial charge in [-0.1, -0.05) is 0 Å². The number of urea groups is 1. The standard InChI is InChI=1S/C14H16N4O3S/c1-10-7-8-15-13(9-10)17-14(19)16-11-3-5-12(6-4-11)18-22(2,20)21/h3-9,18H,1-2H3,(H2,15,16,17,19). The Kier molecular flexibility index (Phi) is 4.62. The normalized spacial score (nSPS) is 10.8. The summed E-state index contributed by atoms with van der Waals surface area (Å²) in [4.78, 5) is 15.9. The monoisotopic (exact) mass is 320 g/mol. The number of aryl methyl sites for hydroxylation is 1. The molecule has 2 amide bonds. The van der Waals surface area contributed by atoms with E-state index in [1.807, 2.05) is 13.0 Å². The molecule has 1 aromatic heterocycles. The summed E-state index contributed by atoms with van der Waals surface area (Å²) in [5.41, 5.74) is 1.94. The van der Waals surface area contributed by atoms with E-state index in [0.717, 1.165) is 11.8 Å². The molecule has 22 heavy (non-hydrogen) atoms. The fourth-order valence-electron chi connectivity index (χ4n) is 1.72. The summed E-state index contributed by atoms with van der Waals surface area (Å²) in [5, 5.41) is 5.24. The first kappa shape index (κ1) is 15.8. The Morgan fingerprint density at radius 1 is 1.05 bits per heavy atom. The molecule has 0 spiro atoms. The molecule has 116 valence electrons. The van der Waals surface area contributed by atoms with E-state index in [0.29, 0.717) is 17.2 Å². The lowest BCUT2D eigenvalue weighted by atomic mass is 10.3. The number of sulfonamides is 1. The summed E-state index contributed by atoms with van der Waals surface area (Å²) in [6.07, 6.45) is 2.68. The Morgan fingerprint density at radius 3 is 2.27 bits per heavy atom. The van der Waals surface area contributed by atoms with Gasteiger partial charge in [0.1, 0.15) is 5.82 Å². The van der Waals surface area contributed by atoms with E-state index in [9.17, 15) is 13.2 Å². The molecule has 1 heterocycles. The van der Waals surface area contributed by atoms with Crippen molar-refractivity contribution < 1.29 is 13.2 Å². The topological polar surface area (TPSA) is 100 Å². The minimum absolute atomic E-state index is 0.425. The van der Waals surface area contributed by atoms with Gasteiger partial charge in [-0.3, -0.25) is 10.0 Å². The lowest BCUT2D eigenvalue weighted by molar-refractivity contribution is 0.262. The summed E-state index contributed by atoms with van der Waals surface area (Å²) in [5.74, 6) is 0.452. The average molecular weight is 320 g/mol. The minimum Gasteiger partial charge on any atom is -0.308 e. The van der Waals surface area contributed by atoms with Crippen LogP contribution in [0.4, 0.5) is 22.0 Å². The molecule has 0 radical (unpaired) electrons. The quantitative estimate of drug-likeness (QED) is 0.805. The van der Waals surface area contributed by atoms with Gasteiger partial charge in [0.15, 0.2) is 0 Å². The zero-order chi connectivity index (χ0) is 16.2. The van der Waals surface area contributed by atoms with Gasteiger partial charge in [0.2, 0.25) is 10.0 Å². The van der Waals surface area contributed by atoms with Crippen molar-refractivity contribution in [1.82, 2.24) is 4.98 Å². The number of carbonyl (C=O) groups excluding carboxylic acids is 1. The molecule has 0 bridgehead atoms. The second-order valence-electron chi connectivity index (χ2n) is 4.75. The van der Waals surface area contributed by atoms with Gasteiger partial charge >= 0.3 is 6.03 Å². The molecule has 3 N–H and O–H groups in total. The first-order valence-corrected chi connectivity index (χ1v) is 8.29. The Labute approximate surface area is 128 Å². The first-order valence-electron chi connectivity index (χ1n) is 6.40. The van der Waals surface area contributed by atoms with E-state index in [-0.39, 0.29) is 0 Å². The summed E-state index contributed by atoms with van der Waals surface area (Å²) in [6.45, 7) is 1.90. The van der Waals surface area contributed by atoms with Gasteiger partial charge in [-0.05, 0) is 48.9 Å². The number of rotatable bonds is 4. The second kappa shape index (κ2) is 6.44. The van der Waals surface area contributed by atoms with Crippen molar-refractivity contribution in [2.24, 2.45) is 0 Å². The van der Waals surface area contributed by atoms with Crippen LogP contribution < -0.4 is 15.4 Å². The maximum absolute atomic E-state index is 11.8. The Hall–Kier alpha value is -2.61. The lowest BCUT2D eigenvalue weighted by Gasteiger charge is -2.08.